The van der Waals surface area contributed by atoms with Gasteiger partial charge in [0.1, 0.15) is 19.3 Å². The molecule has 0 saturated carbocycles. The smallest absolute Gasteiger partial charge is 0.462 e. The number of carbonyl (C=O) groups excluding carboxylic acids is 4. The molecule has 636 valence electrons. The Kier molecular flexibility index (Phi) is 77.9. The molecule has 107 heavy (non-hydrogen) atoms. The van der Waals surface area contributed by atoms with Crippen molar-refractivity contribution in [3.05, 3.63) is 0 Å². The van der Waals surface area contributed by atoms with E-state index in [0.717, 1.165) is 102 Å². The highest BCUT2D eigenvalue weighted by molar-refractivity contribution is 7.47. The second-order valence-electron chi connectivity index (χ2n) is 32.6. The minimum absolute atomic E-state index is 0.109. The summed E-state index contributed by atoms with van der Waals surface area (Å²) in [5, 5.41) is 10.7. The van der Waals surface area contributed by atoms with Gasteiger partial charge < -0.3 is 33.8 Å². The predicted molar refractivity (Wildman–Crippen MR) is 442 cm³/mol. The first-order valence-corrected chi connectivity index (χ1v) is 48.5. The Balaban J connectivity index is 5.27. The predicted octanol–water partition coefficient (Wildman–Crippen LogP) is 27.0. The molecule has 0 bridgehead atoms. The van der Waals surface area contributed by atoms with Gasteiger partial charge in [-0.15, -0.1) is 0 Å². The molecule has 0 aliphatic rings. The number of rotatable bonds is 87. The van der Waals surface area contributed by atoms with E-state index in [1.165, 1.54) is 289 Å². The van der Waals surface area contributed by atoms with Gasteiger partial charge in [0.05, 0.1) is 26.4 Å². The summed E-state index contributed by atoms with van der Waals surface area (Å²) in [5.74, 6) is -0.481. The topological polar surface area (TPSA) is 237 Å². The van der Waals surface area contributed by atoms with Gasteiger partial charge in [-0.1, -0.05) is 420 Å². The molecule has 0 fully saturated rings. The van der Waals surface area contributed by atoms with Crippen molar-refractivity contribution >= 4 is 39.5 Å². The van der Waals surface area contributed by atoms with Gasteiger partial charge >= 0.3 is 39.5 Å². The van der Waals surface area contributed by atoms with Gasteiger partial charge in [0.15, 0.2) is 12.2 Å². The Hall–Kier alpha value is -1.94. The van der Waals surface area contributed by atoms with Gasteiger partial charge in [-0.2, -0.15) is 0 Å². The van der Waals surface area contributed by atoms with Crippen molar-refractivity contribution < 1.29 is 80.2 Å². The van der Waals surface area contributed by atoms with Crippen LogP contribution in [0.1, 0.15) is 472 Å². The van der Waals surface area contributed by atoms with E-state index >= 15 is 0 Å². The highest BCUT2D eigenvalue weighted by atomic mass is 31.2. The maximum Gasteiger partial charge on any atom is 0.472 e. The number of unbranched alkanes of at least 4 members (excludes halogenated alkanes) is 57. The van der Waals surface area contributed by atoms with Crippen molar-refractivity contribution in [1.29, 1.82) is 0 Å². The molecule has 0 heterocycles. The number of hydrogen-bond donors (Lipinski definition) is 3. The first kappa shape index (κ1) is 105. The summed E-state index contributed by atoms with van der Waals surface area (Å²) in [5.41, 5.74) is 0. The average molecular weight is 1560 g/mol. The molecule has 0 aromatic rings. The van der Waals surface area contributed by atoms with Gasteiger partial charge in [-0.3, -0.25) is 37.3 Å². The normalized spacial score (nSPS) is 13.8. The molecule has 2 unspecified atom stereocenters. The largest absolute Gasteiger partial charge is 0.472 e. The Labute approximate surface area is 658 Å². The van der Waals surface area contributed by atoms with E-state index in [9.17, 15) is 43.2 Å². The van der Waals surface area contributed by atoms with Crippen molar-refractivity contribution in [2.45, 2.75) is 490 Å². The fourth-order valence-corrected chi connectivity index (χ4v) is 15.4. The summed E-state index contributed by atoms with van der Waals surface area (Å²) < 4.78 is 69.0. The Bertz CT molecular complexity index is 2050. The lowest BCUT2D eigenvalue weighted by atomic mass is 10.0. The van der Waals surface area contributed by atoms with Crippen LogP contribution in [0.3, 0.4) is 0 Å². The van der Waals surface area contributed by atoms with Gasteiger partial charge in [-0.05, 0) is 37.5 Å². The van der Waals surface area contributed by atoms with Crippen LogP contribution in [0, 0.1) is 11.8 Å². The molecule has 5 atom stereocenters. The Morgan fingerprint density at radius 2 is 0.430 bits per heavy atom. The third-order valence-electron chi connectivity index (χ3n) is 20.7. The number of carbonyl (C=O) groups is 4. The molecule has 0 aliphatic carbocycles. The first-order chi connectivity index (χ1) is 51.9. The molecule has 0 aliphatic heterocycles. The van der Waals surface area contributed by atoms with Crippen LogP contribution < -0.4 is 0 Å². The number of aliphatic hydroxyl groups excluding tert-OH is 1. The maximum atomic E-state index is 13.2. The summed E-state index contributed by atoms with van der Waals surface area (Å²) in [6.07, 6.45) is 72.0. The fourth-order valence-electron chi connectivity index (χ4n) is 13.8. The molecule has 0 amide bonds. The van der Waals surface area contributed by atoms with Crippen LogP contribution in [0.2, 0.25) is 0 Å². The molecule has 0 aromatic carbocycles. The van der Waals surface area contributed by atoms with E-state index in [-0.39, 0.29) is 25.7 Å². The van der Waals surface area contributed by atoms with Crippen LogP contribution in [-0.2, 0) is 65.4 Å². The average Bonchev–Trinajstić information content (AvgIpc) is 0.905. The number of hydrogen-bond acceptors (Lipinski definition) is 15. The zero-order valence-corrected chi connectivity index (χ0v) is 72.2. The highest BCUT2D eigenvalue weighted by Gasteiger charge is 2.30. The van der Waals surface area contributed by atoms with Crippen LogP contribution >= 0.6 is 15.6 Å². The molecule has 0 aromatic heterocycles. The molecule has 3 N–H and O–H groups in total. The molecule has 17 nitrogen and oxygen atoms in total. The number of ether oxygens (including phenoxy) is 4. The number of phosphoric acid groups is 2. The summed E-state index contributed by atoms with van der Waals surface area (Å²) in [4.78, 5) is 73.4. The van der Waals surface area contributed by atoms with Crippen molar-refractivity contribution in [3.63, 3.8) is 0 Å². The van der Waals surface area contributed by atoms with E-state index in [4.69, 9.17) is 37.0 Å². The standard InChI is InChI=1S/C88H172O17P2/c1-7-9-11-13-15-17-19-21-22-23-29-36-42-48-54-60-66-72-87(92)104-83(76-98-85(90)70-64-58-52-46-40-32-20-18-16-14-12-10-8-2)78-102-106(94,95)100-74-82(89)75-101-107(96,97)103-79-84(77-99-86(91)71-65-59-53-47-41-35-31-26-28-34-39-45-51-57-63-69-81(5)6)105-88(93)73-67-61-55-49-43-37-30-25-24-27-33-38-44-50-56-62-68-80(3)4/h80-84,89H,7-79H2,1-6H3,(H,94,95)(H,96,97)/t82-,83+,84+/m0/s1. The van der Waals surface area contributed by atoms with Gasteiger partial charge in [-0.25, -0.2) is 9.13 Å². The minimum Gasteiger partial charge on any atom is -0.462 e. The molecule has 19 heteroatoms. The summed E-state index contributed by atoms with van der Waals surface area (Å²) in [7, 11) is -9.93. The van der Waals surface area contributed by atoms with E-state index in [1.807, 2.05) is 0 Å². The van der Waals surface area contributed by atoms with Crippen LogP contribution in [0.4, 0.5) is 0 Å². The Morgan fingerprint density at radius 3 is 0.636 bits per heavy atom. The van der Waals surface area contributed by atoms with Crippen molar-refractivity contribution in [2.24, 2.45) is 11.8 Å². The summed E-state index contributed by atoms with van der Waals surface area (Å²) >= 11 is 0. The summed E-state index contributed by atoms with van der Waals surface area (Å²) in [6, 6.07) is 0. The first-order valence-electron chi connectivity index (χ1n) is 45.5. The second-order valence-corrected chi connectivity index (χ2v) is 35.5. The van der Waals surface area contributed by atoms with Gasteiger partial charge in [0.2, 0.25) is 0 Å². The molecular formula is C88H172O17P2. The number of phosphoric ester groups is 2. The maximum absolute atomic E-state index is 13.2. The minimum atomic E-state index is -4.97. The lowest BCUT2D eigenvalue weighted by Crippen LogP contribution is -2.30. The number of aliphatic hydroxyl groups is 1. The van der Waals surface area contributed by atoms with Crippen molar-refractivity contribution in [1.82, 2.24) is 0 Å². The van der Waals surface area contributed by atoms with E-state index in [0.29, 0.717) is 25.7 Å². The van der Waals surface area contributed by atoms with Crippen molar-refractivity contribution in [2.75, 3.05) is 39.6 Å². The van der Waals surface area contributed by atoms with Gasteiger partial charge in [0.25, 0.3) is 0 Å². The third kappa shape index (κ3) is 81.9. The highest BCUT2D eigenvalue weighted by Crippen LogP contribution is 2.45. The van der Waals surface area contributed by atoms with E-state index < -0.39 is 97.5 Å². The zero-order valence-electron chi connectivity index (χ0n) is 70.5. The van der Waals surface area contributed by atoms with Crippen LogP contribution in [0.15, 0.2) is 0 Å². The summed E-state index contributed by atoms with van der Waals surface area (Å²) in [6.45, 7) is 9.75. The van der Waals surface area contributed by atoms with Gasteiger partial charge in [0, 0.05) is 25.7 Å². The lowest BCUT2D eigenvalue weighted by Gasteiger charge is -2.21. The van der Waals surface area contributed by atoms with E-state index in [1.54, 1.807) is 0 Å². The zero-order chi connectivity index (χ0) is 78.5. The fraction of sp³-hybridized carbons (Fsp3) is 0.955. The SMILES string of the molecule is CCCCCCCCCCCCCCCCCCCC(=O)O[C@H](COC(=O)CCCCCCCCCCCCCCC)COP(=O)(O)OC[C@H](O)COP(=O)(O)OC[C@@H](COC(=O)CCCCCCCCCCCCCCCCCC(C)C)OC(=O)CCCCCCCCCCCCCCCCCCC(C)C. The molecule has 0 saturated heterocycles. The second kappa shape index (κ2) is 79.3. The molecule has 0 rings (SSSR count). The van der Waals surface area contributed by atoms with Crippen LogP contribution in [0.25, 0.3) is 0 Å². The third-order valence-corrected chi connectivity index (χ3v) is 22.6. The van der Waals surface area contributed by atoms with Crippen LogP contribution in [-0.4, -0.2) is 96.7 Å². The number of esters is 4. The lowest BCUT2D eigenvalue weighted by molar-refractivity contribution is -0.161. The molecular weight excluding hydrogens is 1390 g/mol. The van der Waals surface area contributed by atoms with Crippen molar-refractivity contribution in [3.8, 4) is 0 Å². The van der Waals surface area contributed by atoms with Crippen LogP contribution in [0.5, 0.6) is 0 Å². The monoisotopic (exact) mass is 1560 g/mol. The Morgan fingerprint density at radius 1 is 0.252 bits per heavy atom. The molecule has 0 radical (unpaired) electrons. The van der Waals surface area contributed by atoms with E-state index in [2.05, 4.69) is 41.5 Å². The quantitative estimate of drug-likeness (QED) is 0.0222. The molecule has 0 spiro atoms.